The highest BCUT2D eigenvalue weighted by atomic mass is 32.2. The van der Waals surface area contributed by atoms with Gasteiger partial charge in [-0.25, -0.2) is 14.5 Å². The van der Waals surface area contributed by atoms with Gasteiger partial charge in [0.05, 0.1) is 5.41 Å². The maximum absolute atomic E-state index is 12.4. The van der Waals surface area contributed by atoms with Crippen molar-refractivity contribution in [2.75, 3.05) is 7.11 Å². The Labute approximate surface area is 319 Å². The van der Waals surface area contributed by atoms with Crippen LogP contribution in [0.4, 0.5) is 0 Å². The smallest absolute Gasteiger partial charge is 0.247 e. The van der Waals surface area contributed by atoms with E-state index in [0.29, 0.717) is 18.8 Å². The van der Waals surface area contributed by atoms with E-state index in [-0.39, 0.29) is 0 Å². The molecular weight excluding hydrogens is 693 g/mol. The van der Waals surface area contributed by atoms with Gasteiger partial charge in [0.15, 0.2) is 12.1 Å². The van der Waals surface area contributed by atoms with Gasteiger partial charge in [-0.1, -0.05) is 165 Å². The normalized spacial score (nSPS) is 16.8. The second kappa shape index (κ2) is 16.4. The van der Waals surface area contributed by atoms with Gasteiger partial charge in [0.2, 0.25) is 5.72 Å². The number of thioether (sulfide) groups is 1. The zero-order valence-electron chi connectivity index (χ0n) is 30.2. The summed E-state index contributed by atoms with van der Waals surface area (Å²) in [5.74, 6) is 3.23. The van der Waals surface area contributed by atoms with Crippen LogP contribution in [0.5, 0.6) is 0 Å². The standard InChI is InChI=1S/C44H40N6O3S/c1-3-4-24-40-45-43(32-52,53-2)42(54-30-29-51)49(40)31-33-25-27-34(28-26-33)38-22-14-15-23-39(38)41-46-47-48-50(41)44(35-16-8-5-9-17-35,36-18-10-6-11-19-36)37-20-12-7-13-21-37/h5-23,25-28,30,32,42H,3-4,24,31H2,1-2H3. The molecule has 270 valence electrons. The van der Waals surface area contributed by atoms with Crippen molar-refractivity contribution in [3.05, 3.63) is 167 Å². The summed E-state index contributed by atoms with van der Waals surface area (Å²) in [7, 11) is 1.48. The minimum absolute atomic E-state index is 0.472. The molecule has 2 unspecified atom stereocenters. The zero-order chi connectivity index (χ0) is 37.4. The number of methoxy groups -OCH3 is 1. The van der Waals surface area contributed by atoms with E-state index in [1.807, 2.05) is 77.4 Å². The predicted octanol–water partition coefficient (Wildman–Crippen LogP) is 8.20. The molecule has 1 aromatic heterocycles. The SMILES string of the molecule is CCCCC1=NC(C=O)(OC)C(SC=C=O)N1Cc1ccc(-c2ccccc2-c2nnnn2C(c2ccccc2)(c2ccccc2)c2ccccc2)cc1. The first-order chi connectivity index (χ1) is 26.6. The van der Waals surface area contributed by atoms with Gasteiger partial charge >= 0.3 is 0 Å². The molecule has 6 aromatic rings. The number of benzene rings is 5. The minimum atomic E-state index is -1.42. The average Bonchev–Trinajstić information content (AvgIpc) is 3.84. The number of unbranched alkanes of at least 4 members (excludes halogenated alkanes) is 1. The number of nitrogens with zero attached hydrogens (tertiary/aromatic N) is 6. The first kappa shape index (κ1) is 36.4. The lowest BCUT2D eigenvalue weighted by molar-refractivity contribution is -0.127. The van der Waals surface area contributed by atoms with Crippen LogP contribution in [0.1, 0.15) is 48.4 Å². The van der Waals surface area contributed by atoms with E-state index in [4.69, 9.17) is 20.0 Å². The van der Waals surface area contributed by atoms with Crippen LogP contribution in [0.15, 0.2) is 150 Å². The summed E-state index contributed by atoms with van der Waals surface area (Å²) >= 11 is 1.19. The summed E-state index contributed by atoms with van der Waals surface area (Å²) in [6.07, 6.45) is 3.30. The summed E-state index contributed by atoms with van der Waals surface area (Å²) in [4.78, 5) is 30.5. The van der Waals surface area contributed by atoms with Gasteiger partial charge in [0.25, 0.3) is 0 Å². The van der Waals surface area contributed by atoms with Crippen LogP contribution in [0, 0.1) is 0 Å². The van der Waals surface area contributed by atoms with E-state index < -0.39 is 16.6 Å². The van der Waals surface area contributed by atoms with E-state index in [2.05, 4.69) is 89.8 Å². The average molecular weight is 733 g/mol. The Bertz CT molecular complexity index is 2160. The topological polar surface area (TPSA) is 103 Å². The zero-order valence-corrected chi connectivity index (χ0v) is 31.0. The monoisotopic (exact) mass is 732 g/mol. The number of aromatic nitrogens is 4. The molecule has 0 bridgehead atoms. The van der Waals surface area contributed by atoms with Crippen molar-refractivity contribution in [2.24, 2.45) is 4.99 Å². The highest BCUT2D eigenvalue weighted by Crippen LogP contribution is 2.44. The van der Waals surface area contributed by atoms with Crippen LogP contribution in [0.25, 0.3) is 22.5 Å². The molecule has 0 radical (unpaired) electrons. The summed E-state index contributed by atoms with van der Waals surface area (Å²) in [5, 5.41) is 14.5. The molecule has 0 amide bonds. The molecule has 2 atom stereocenters. The third kappa shape index (κ3) is 6.71. The molecule has 1 aliphatic rings. The van der Waals surface area contributed by atoms with Crippen LogP contribution in [-0.4, -0.2) is 61.4 Å². The van der Waals surface area contributed by atoms with Gasteiger partial charge in [-0.15, -0.1) is 5.10 Å². The van der Waals surface area contributed by atoms with E-state index >= 15 is 0 Å². The maximum atomic E-state index is 12.4. The molecule has 0 saturated heterocycles. The maximum Gasteiger partial charge on any atom is 0.247 e. The van der Waals surface area contributed by atoms with Crippen LogP contribution >= 0.6 is 11.8 Å². The Morgan fingerprint density at radius 2 is 1.39 bits per heavy atom. The molecule has 0 spiro atoms. The molecule has 54 heavy (non-hydrogen) atoms. The number of ether oxygens (including phenoxy) is 1. The van der Waals surface area contributed by atoms with Gasteiger partial charge in [0, 0.05) is 25.6 Å². The van der Waals surface area contributed by atoms with E-state index in [9.17, 15) is 9.59 Å². The van der Waals surface area contributed by atoms with Gasteiger partial charge in [-0.3, -0.25) is 4.79 Å². The first-order valence-electron chi connectivity index (χ1n) is 18.0. The Morgan fingerprint density at radius 3 is 1.93 bits per heavy atom. The van der Waals surface area contributed by atoms with E-state index in [1.54, 1.807) is 0 Å². The molecule has 0 aliphatic carbocycles. The number of rotatable bonds is 15. The van der Waals surface area contributed by atoms with E-state index in [1.165, 1.54) is 24.3 Å². The van der Waals surface area contributed by atoms with Gasteiger partial charge in [-0.05, 0) is 50.2 Å². The third-order valence-corrected chi connectivity index (χ3v) is 11.0. The summed E-state index contributed by atoms with van der Waals surface area (Å²) < 4.78 is 7.64. The van der Waals surface area contributed by atoms with Crippen LogP contribution < -0.4 is 0 Å². The Balaban J connectivity index is 1.30. The van der Waals surface area contributed by atoms with Crippen molar-refractivity contribution >= 4 is 29.8 Å². The molecule has 0 saturated carbocycles. The lowest BCUT2D eigenvalue weighted by Crippen LogP contribution is -2.46. The molecule has 1 aliphatic heterocycles. The largest absolute Gasteiger partial charge is 0.349 e. The van der Waals surface area contributed by atoms with Crippen molar-refractivity contribution in [3.63, 3.8) is 0 Å². The van der Waals surface area contributed by atoms with Gasteiger partial charge < -0.3 is 9.64 Å². The van der Waals surface area contributed by atoms with Gasteiger partial charge in [-0.2, -0.15) is 0 Å². The Hall–Kier alpha value is -5.93. The number of carbonyl (C=O) groups is 1. The number of aliphatic imine (C=N–C) groups is 1. The number of hydrogen-bond acceptors (Lipinski definition) is 9. The molecule has 2 heterocycles. The minimum Gasteiger partial charge on any atom is -0.349 e. The molecule has 9 nitrogen and oxygen atoms in total. The fourth-order valence-corrected chi connectivity index (χ4v) is 8.26. The van der Waals surface area contributed by atoms with Crippen molar-refractivity contribution < 1.29 is 14.3 Å². The van der Waals surface area contributed by atoms with Crippen molar-refractivity contribution in [3.8, 4) is 22.5 Å². The second-order valence-corrected chi connectivity index (χ2v) is 14.0. The van der Waals surface area contributed by atoms with Gasteiger partial charge in [0.1, 0.15) is 22.7 Å². The summed E-state index contributed by atoms with van der Waals surface area (Å²) in [5.41, 5.74) is 4.61. The highest BCUT2D eigenvalue weighted by Gasteiger charge is 2.49. The molecule has 5 aromatic carbocycles. The van der Waals surface area contributed by atoms with Crippen LogP contribution in [0.3, 0.4) is 0 Å². The number of tetrazole rings is 1. The fraction of sp³-hybridized carbons (Fsp3) is 0.205. The summed E-state index contributed by atoms with van der Waals surface area (Å²) in [6, 6.07) is 47.6. The molecule has 7 rings (SSSR count). The number of amidine groups is 1. The highest BCUT2D eigenvalue weighted by molar-refractivity contribution is 8.03. The van der Waals surface area contributed by atoms with Crippen LogP contribution in [0.2, 0.25) is 0 Å². The van der Waals surface area contributed by atoms with Crippen LogP contribution in [-0.2, 0) is 26.4 Å². The summed E-state index contributed by atoms with van der Waals surface area (Å²) in [6.45, 7) is 2.59. The van der Waals surface area contributed by atoms with E-state index in [0.717, 1.165) is 63.9 Å². The first-order valence-corrected chi connectivity index (χ1v) is 18.9. The lowest BCUT2D eigenvalue weighted by atomic mass is 9.77. The molecule has 10 heteroatoms. The quantitative estimate of drug-likeness (QED) is 0.0592. The Kier molecular flexibility index (Phi) is 11.1. The Morgan fingerprint density at radius 1 is 0.815 bits per heavy atom. The molecular formula is C44H40N6O3S. The third-order valence-electron chi connectivity index (χ3n) is 9.91. The second-order valence-electron chi connectivity index (χ2n) is 13.0. The fourth-order valence-electron chi connectivity index (χ4n) is 7.33. The number of carbonyl (C=O) groups excluding carboxylic acids is 2. The number of aldehydes is 1. The molecule has 0 fully saturated rings. The lowest BCUT2D eigenvalue weighted by Gasteiger charge is -2.36. The predicted molar refractivity (Wildman–Crippen MR) is 213 cm³/mol. The molecule has 0 N–H and O–H groups in total. The van der Waals surface area contributed by atoms with Crippen molar-refractivity contribution in [2.45, 2.75) is 49.4 Å². The van der Waals surface area contributed by atoms with Crippen molar-refractivity contribution in [1.29, 1.82) is 0 Å². The van der Waals surface area contributed by atoms with Crippen molar-refractivity contribution in [1.82, 2.24) is 25.1 Å². The number of hydrogen-bond donors (Lipinski definition) is 0.